The summed E-state index contributed by atoms with van der Waals surface area (Å²) in [6, 6.07) is 9.18. The van der Waals surface area contributed by atoms with Crippen LogP contribution in [0.5, 0.6) is 11.5 Å². The number of rotatable bonds is 7. The molecule has 0 atom stereocenters. The third kappa shape index (κ3) is 4.36. The Morgan fingerprint density at radius 1 is 1.28 bits per heavy atom. The molecule has 0 amide bonds. The van der Waals surface area contributed by atoms with Crippen LogP contribution in [0, 0.1) is 0 Å². The van der Waals surface area contributed by atoms with Crippen molar-refractivity contribution in [2.24, 2.45) is 0 Å². The normalized spacial score (nSPS) is 12.3. The zero-order valence-electron chi connectivity index (χ0n) is 15.9. The summed E-state index contributed by atoms with van der Waals surface area (Å²) in [5, 5.41) is 4.53. The van der Waals surface area contributed by atoms with E-state index >= 15 is 0 Å². The Morgan fingerprint density at radius 3 is 2.86 bits per heavy atom. The fourth-order valence-electron chi connectivity index (χ4n) is 3.13. The minimum absolute atomic E-state index is 0.180. The van der Waals surface area contributed by atoms with Crippen LogP contribution in [0.2, 0.25) is 0 Å². The molecule has 1 aliphatic rings. The van der Waals surface area contributed by atoms with E-state index in [0.29, 0.717) is 53.9 Å². The van der Waals surface area contributed by atoms with E-state index in [1.165, 1.54) is 0 Å². The second-order valence-corrected chi connectivity index (χ2v) is 6.96. The maximum absolute atomic E-state index is 12.7. The van der Waals surface area contributed by atoms with Gasteiger partial charge in [0.05, 0.1) is 31.5 Å². The maximum Gasteiger partial charge on any atom is 0.253 e. The van der Waals surface area contributed by atoms with Crippen LogP contribution in [0.25, 0.3) is 10.9 Å². The van der Waals surface area contributed by atoms with E-state index in [0.717, 1.165) is 11.1 Å². The molecule has 3 aromatic rings. The molecule has 0 fully saturated rings. The molecule has 2 N–H and O–H groups in total. The smallest absolute Gasteiger partial charge is 0.253 e. The van der Waals surface area contributed by atoms with Crippen LogP contribution in [0.4, 0.5) is 0 Å². The molecule has 0 aliphatic carbocycles. The second kappa shape index (κ2) is 8.54. The average Bonchev–Trinajstić information content (AvgIpc) is 3.38. The van der Waals surface area contributed by atoms with Gasteiger partial charge in [-0.05, 0) is 36.5 Å². The van der Waals surface area contributed by atoms with Crippen molar-refractivity contribution in [3.05, 3.63) is 58.3 Å². The molecule has 1 aromatic carbocycles. The number of methoxy groups -OCH3 is 1. The molecule has 3 heterocycles. The molecule has 0 bridgehead atoms. The van der Waals surface area contributed by atoms with Gasteiger partial charge in [-0.25, -0.2) is 0 Å². The minimum Gasteiger partial charge on any atom is -0.467 e. The van der Waals surface area contributed by atoms with Crippen LogP contribution in [0.3, 0.4) is 0 Å². The number of hydrogen-bond acceptors (Lipinski definition) is 6. The SMILES string of the molecule is COCCNC(=S)N(Cc1ccco1)Cc1cc2cc3c(cc2[nH]c1=O)OCO3. The topological polar surface area (TPSA) is 89.0 Å². The fourth-order valence-corrected chi connectivity index (χ4v) is 3.36. The first-order valence-corrected chi connectivity index (χ1v) is 9.54. The molecule has 29 heavy (non-hydrogen) atoms. The van der Waals surface area contributed by atoms with E-state index in [1.54, 1.807) is 19.4 Å². The number of thiocarbonyl (C=S) groups is 1. The highest BCUT2D eigenvalue weighted by atomic mass is 32.1. The monoisotopic (exact) mass is 415 g/mol. The number of nitrogens with zero attached hydrogens (tertiary/aromatic N) is 1. The van der Waals surface area contributed by atoms with E-state index in [-0.39, 0.29) is 12.4 Å². The molecule has 0 unspecified atom stereocenters. The average molecular weight is 415 g/mol. The summed E-state index contributed by atoms with van der Waals surface area (Å²) in [5.74, 6) is 2.05. The Balaban J connectivity index is 1.60. The summed E-state index contributed by atoms with van der Waals surface area (Å²) in [7, 11) is 1.63. The van der Waals surface area contributed by atoms with Gasteiger partial charge in [-0.2, -0.15) is 0 Å². The maximum atomic E-state index is 12.7. The number of H-pyrrole nitrogens is 1. The first-order valence-electron chi connectivity index (χ1n) is 9.13. The Bertz CT molecular complexity index is 1060. The Kier molecular flexibility index (Phi) is 5.68. The molecule has 1 aliphatic heterocycles. The van der Waals surface area contributed by atoms with Gasteiger partial charge in [-0.15, -0.1) is 0 Å². The van der Waals surface area contributed by atoms with Crippen molar-refractivity contribution in [1.82, 2.24) is 15.2 Å². The Morgan fingerprint density at radius 2 is 2.10 bits per heavy atom. The number of aromatic amines is 1. The van der Waals surface area contributed by atoms with Crippen molar-refractivity contribution in [3.8, 4) is 11.5 Å². The highest BCUT2D eigenvalue weighted by molar-refractivity contribution is 7.80. The predicted octanol–water partition coefficient (Wildman–Crippen LogP) is 2.37. The van der Waals surface area contributed by atoms with Crippen molar-refractivity contribution in [1.29, 1.82) is 0 Å². The van der Waals surface area contributed by atoms with E-state index in [9.17, 15) is 4.79 Å². The quantitative estimate of drug-likeness (QED) is 0.449. The van der Waals surface area contributed by atoms with Crippen molar-refractivity contribution >= 4 is 28.2 Å². The Hall–Kier alpha value is -3.04. The molecule has 0 radical (unpaired) electrons. The zero-order chi connectivity index (χ0) is 20.2. The van der Waals surface area contributed by atoms with Gasteiger partial charge in [-0.3, -0.25) is 4.79 Å². The lowest BCUT2D eigenvalue weighted by molar-refractivity contribution is 0.174. The molecule has 2 aromatic heterocycles. The van der Waals surface area contributed by atoms with Gasteiger partial charge >= 0.3 is 0 Å². The molecule has 0 saturated carbocycles. The third-order valence-corrected chi connectivity index (χ3v) is 4.97. The number of fused-ring (bicyclic) bond motifs is 2. The largest absolute Gasteiger partial charge is 0.467 e. The fraction of sp³-hybridized carbons (Fsp3) is 0.300. The summed E-state index contributed by atoms with van der Waals surface area (Å²) in [6.07, 6.45) is 1.61. The van der Waals surface area contributed by atoms with Gasteiger partial charge in [-0.1, -0.05) is 0 Å². The van der Waals surface area contributed by atoms with Gasteiger partial charge in [0.1, 0.15) is 5.76 Å². The van der Waals surface area contributed by atoms with Gasteiger partial charge in [0.2, 0.25) is 6.79 Å². The van der Waals surface area contributed by atoms with Crippen LogP contribution < -0.4 is 20.3 Å². The molecule has 9 heteroatoms. The lowest BCUT2D eigenvalue weighted by atomic mass is 10.1. The Labute approximate surface area is 172 Å². The summed E-state index contributed by atoms with van der Waals surface area (Å²) in [4.78, 5) is 17.5. The summed E-state index contributed by atoms with van der Waals surface area (Å²) in [6.45, 7) is 2.03. The number of nitrogens with one attached hydrogen (secondary N) is 2. The molecule has 4 rings (SSSR count). The number of furan rings is 1. The second-order valence-electron chi connectivity index (χ2n) is 6.58. The third-order valence-electron chi connectivity index (χ3n) is 4.57. The lowest BCUT2D eigenvalue weighted by Gasteiger charge is -2.25. The van der Waals surface area contributed by atoms with Gasteiger partial charge in [0.25, 0.3) is 5.56 Å². The summed E-state index contributed by atoms with van der Waals surface area (Å²) >= 11 is 5.53. The highest BCUT2D eigenvalue weighted by Crippen LogP contribution is 2.35. The number of aromatic nitrogens is 1. The molecule has 0 saturated heterocycles. The first kappa shape index (κ1) is 19.3. The zero-order valence-corrected chi connectivity index (χ0v) is 16.7. The molecular weight excluding hydrogens is 394 g/mol. The van der Waals surface area contributed by atoms with Crippen LogP contribution in [0.1, 0.15) is 11.3 Å². The standard InChI is InChI=1S/C20H21N3O5S/c1-25-6-4-21-20(29)23(11-15-3-2-5-26-15)10-14-7-13-8-17-18(28-12-27-17)9-16(13)22-19(14)24/h2-3,5,7-9H,4,6,10-12H2,1H3,(H,21,29)(H,22,24). The highest BCUT2D eigenvalue weighted by Gasteiger charge is 2.18. The number of pyridine rings is 1. The van der Waals surface area contributed by atoms with Crippen molar-refractivity contribution < 1.29 is 18.6 Å². The van der Waals surface area contributed by atoms with Gasteiger partial charge in [0, 0.05) is 30.7 Å². The molecule has 0 spiro atoms. The number of ether oxygens (including phenoxy) is 3. The van der Waals surface area contributed by atoms with E-state index in [4.69, 9.17) is 30.8 Å². The summed E-state index contributed by atoms with van der Waals surface area (Å²) in [5.41, 5.74) is 1.10. The van der Waals surface area contributed by atoms with Crippen LogP contribution in [-0.4, -0.2) is 42.1 Å². The first-order chi connectivity index (χ1) is 14.1. The number of benzene rings is 1. The van der Waals surface area contributed by atoms with Crippen LogP contribution in [0.15, 0.2) is 45.8 Å². The molecule has 8 nitrogen and oxygen atoms in total. The molecule has 152 valence electrons. The van der Waals surface area contributed by atoms with Crippen molar-refractivity contribution in [2.45, 2.75) is 13.1 Å². The summed E-state index contributed by atoms with van der Waals surface area (Å²) < 4.78 is 21.3. The van der Waals surface area contributed by atoms with Crippen molar-refractivity contribution in [3.63, 3.8) is 0 Å². The molecular formula is C20H21N3O5S. The number of hydrogen-bond donors (Lipinski definition) is 2. The lowest BCUT2D eigenvalue weighted by Crippen LogP contribution is -2.41. The minimum atomic E-state index is -0.180. The van der Waals surface area contributed by atoms with Gasteiger partial charge < -0.3 is 33.8 Å². The van der Waals surface area contributed by atoms with E-state index in [1.807, 2.05) is 29.2 Å². The van der Waals surface area contributed by atoms with Crippen LogP contribution in [-0.2, 0) is 17.8 Å². The van der Waals surface area contributed by atoms with E-state index in [2.05, 4.69) is 10.3 Å². The predicted molar refractivity (Wildman–Crippen MR) is 111 cm³/mol. The van der Waals surface area contributed by atoms with E-state index < -0.39 is 0 Å². The van der Waals surface area contributed by atoms with Crippen LogP contribution >= 0.6 is 12.2 Å². The van der Waals surface area contributed by atoms with Crippen molar-refractivity contribution in [2.75, 3.05) is 27.1 Å². The van der Waals surface area contributed by atoms with Gasteiger partial charge in [0.15, 0.2) is 16.6 Å².